The Bertz CT molecular complexity index is 830. The molecule has 1 atom stereocenters. The van der Waals surface area contributed by atoms with Gasteiger partial charge in [-0.3, -0.25) is 0 Å². The van der Waals surface area contributed by atoms with E-state index in [-0.39, 0.29) is 12.9 Å². The summed E-state index contributed by atoms with van der Waals surface area (Å²) in [5.74, 6) is 2.30. The van der Waals surface area contributed by atoms with Crippen LogP contribution in [0.25, 0.3) is 10.9 Å². The summed E-state index contributed by atoms with van der Waals surface area (Å²) in [4.78, 5) is 8.31. The SMILES string of the molecule is CC(Oc1cccc2ncncc12)c1ccc2c(c1)OCO2. The van der Waals surface area contributed by atoms with E-state index in [2.05, 4.69) is 9.97 Å². The third-order valence-corrected chi connectivity index (χ3v) is 3.68. The van der Waals surface area contributed by atoms with Crippen LogP contribution in [0.15, 0.2) is 48.9 Å². The van der Waals surface area contributed by atoms with E-state index < -0.39 is 0 Å². The second-order valence-corrected chi connectivity index (χ2v) is 5.08. The molecule has 1 unspecified atom stereocenters. The average Bonchev–Trinajstić information content (AvgIpc) is 3.02. The Hall–Kier alpha value is -2.82. The smallest absolute Gasteiger partial charge is 0.231 e. The number of benzene rings is 2. The molecular weight excluding hydrogens is 280 g/mol. The summed E-state index contributed by atoms with van der Waals surface area (Å²) >= 11 is 0. The first-order valence-corrected chi connectivity index (χ1v) is 7.06. The molecule has 4 rings (SSSR count). The zero-order chi connectivity index (χ0) is 14.9. The molecule has 5 heteroatoms. The van der Waals surface area contributed by atoms with Crippen molar-refractivity contribution in [1.29, 1.82) is 0 Å². The first-order valence-electron chi connectivity index (χ1n) is 7.06. The highest BCUT2D eigenvalue weighted by atomic mass is 16.7. The highest BCUT2D eigenvalue weighted by Crippen LogP contribution is 2.35. The fourth-order valence-electron chi connectivity index (χ4n) is 2.51. The van der Waals surface area contributed by atoms with Gasteiger partial charge in [0, 0.05) is 6.20 Å². The van der Waals surface area contributed by atoms with Gasteiger partial charge in [-0.25, -0.2) is 9.97 Å². The van der Waals surface area contributed by atoms with Crippen molar-refractivity contribution in [2.45, 2.75) is 13.0 Å². The molecule has 0 saturated carbocycles. The van der Waals surface area contributed by atoms with Crippen molar-refractivity contribution in [2.24, 2.45) is 0 Å². The Balaban J connectivity index is 1.65. The van der Waals surface area contributed by atoms with Crippen LogP contribution in [0.2, 0.25) is 0 Å². The molecule has 2 aromatic carbocycles. The largest absolute Gasteiger partial charge is 0.485 e. The van der Waals surface area contributed by atoms with Crippen LogP contribution in [0, 0.1) is 0 Å². The molecule has 0 amide bonds. The summed E-state index contributed by atoms with van der Waals surface area (Å²) in [5, 5.41) is 0.901. The highest BCUT2D eigenvalue weighted by molar-refractivity contribution is 5.84. The minimum Gasteiger partial charge on any atom is -0.485 e. The van der Waals surface area contributed by atoms with Crippen LogP contribution in [0.3, 0.4) is 0 Å². The maximum absolute atomic E-state index is 6.10. The maximum Gasteiger partial charge on any atom is 0.231 e. The van der Waals surface area contributed by atoms with Crippen LogP contribution in [0.1, 0.15) is 18.6 Å². The number of fused-ring (bicyclic) bond motifs is 2. The lowest BCUT2D eigenvalue weighted by Gasteiger charge is -2.16. The van der Waals surface area contributed by atoms with Crippen molar-refractivity contribution >= 4 is 10.9 Å². The van der Waals surface area contributed by atoms with E-state index in [4.69, 9.17) is 14.2 Å². The molecule has 0 spiro atoms. The van der Waals surface area contributed by atoms with E-state index in [0.29, 0.717) is 0 Å². The average molecular weight is 294 g/mol. The summed E-state index contributed by atoms with van der Waals surface area (Å²) in [6.07, 6.45) is 3.18. The minimum absolute atomic E-state index is 0.125. The summed E-state index contributed by atoms with van der Waals surface area (Å²) in [6.45, 7) is 2.27. The Kier molecular flexibility index (Phi) is 3.04. The van der Waals surface area contributed by atoms with Crippen LogP contribution in [0.5, 0.6) is 17.2 Å². The van der Waals surface area contributed by atoms with Gasteiger partial charge in [0.2, 0.25) is 6.79 Å². The summed E-state index contributed by atoms with van der Waals surface area (Å²) in [7, 11) is 0. The molecule has 1 aliphatic rings. The van der Waals surface area contributed by atoms with Crippen LogP contribution in [-0.4, -0.2) is 16.8 Å². The lowest BCUT2D eigenvalue weighted by molar-refractivity contribution is 0.173. The normalized spacial score (nSPS) is 14.0. The van der Waals surface area contributed by atoms with Gasteiger partial charge >= 0.3 is 0 Å². The van der Waals surface area contributed by atoms with Crippen LogP contribution < -0.4 is 14.2 Å². The molecule has 0 saturated heterocycles. The Labute approximate surface area is 127 Å². The first-order chi connectivity index (χ1) is 10.8. The topological polar surface area (TPSA) is 53.5 Å². The maximum atomic E-state index is 6.10. The molecule has 3 aromatic rings. The first kappa shape index (κ1) is 12.9. The monoisotopic (exact) mass is 294 g/mol. The van der Waals surface area contributed by atoms with Crippen molar-refractivity contribution in [3.05, 3.63) is 54.5 Å². The zero-order valence-corrected chi connectivity index (χ0v) is 12.0. The van der Waals surface area contributed by atoms with Gasteiger partial charge in [-0.15, -0.1) is 0 Å². The molecule has 110 valence electrons. The Morgan fingerprint density at radius 2 is 2.05 bits per heavy atom. The quantitative estimate of drug-likeness (QED) is 0.740. The second-order valence-electron chi connectivity index (χ2n) is 5.08. The number of hydrogen-bond donors (Lipinski definition) is 0. The van der Waals surface area contributed by atoms with Gasteiger partial charge in [-0.05, 0) is 36.8 Å². The van der Waals surface area contributed by atoms with Gasteiger partial charge in [0.15, 0.2) is 11.5 Å². The van der Waals surface area contributed by atoms with Crippen LogP contribution in [-0.2, 0) is 0 Å². The van der Waals surface area contributed by atoms with Crippen molar-refractivity contribution in [1.82, 2.24) is 9.97 Å². The molecule has 0 bridgehead atoms. The van der Waals surface area contributed by atoms with Crippen LogP contribution in [0.4, 0.5) is 0 Å². The van der Waals surface area contributed by atoms with Crippen molar-refractivity contribution in [3.8, 4) is 17.2 Å². The third-order valence-electron chi connectivity index (χ3n) is 3.68. The number of aromatic nitrogens is 2. The zero-order valence-electron chi connectivity index (χ0n) is 12.0. The minimum atomic E-state index is -0.125. The third kappa shape index (κ3) is 2.20. The van der Waals surface area contributed by atoms with E-state index in [9.17, 15) is 0 Å². The van der Waals surface area contributed by atoms with Gasteiger partial charge < -0.3 is 14.2 Å². The Morgan fingerprint density at radius 1 is 1.14 bits per heavy atom. The van der Waals surface area contributed by atoms with Gasteiger partial charge in [-0.2, -0.15) is 0 Å². The summed E-state index contributed by atoms with van der Waals surface area (Å²) in [6, 6.07) is 11.6. The molecule has 1 aromatic heterocycles. The predicted molar refractivity (Wildman–Crippen MR) is 81.1 cm³/mol. The number of hydrogen-bond acceptors (Lipinski definition) is 5. The number of ether oxygens (including phenoxy) is 3. The molecule has 1 aliphatic heterocycles. The lowest BCUT2D eigenvalue weighted by atomic mass is 10.1. The standard InChI is InChI=1S/C17H14N2O3/c1-11(12-5-6-16-17(7-12)21-10-20-16)22-15-4-2-3-14-13(15)8-18-9-19-14/h2-9,11H,10H2,1H3. The van der Waals surface area contributed by atoms with E-state index in [0.717, 1.165) is 33.7 Å². The van der Waals surface area contributed by atoms with E-state index >= 15 is 0 Å². The van der Waals surface area contributed by atoms with Crippen molar-refractivity contribution in [3.63, 3.8) is 0 Å². The molecule has 22 heavy (non-hydrogen) atoms. The second kappa shape index (κ2) is 5.18. The Morgan fingerprint density at radius 3 is 3.00 bits per heavy atom. The fourth-order valence-corrected chi connectivity index (χ4v) is 2.51. The summed E-state index contributed by atoms with van der Waals surface area (Å²) in [5.41, 5.74) is 1.89. The van der Waals surface area contributed by atoms with Gasteiger partial charge in [0.25, 0.3) is 0 Å². The number of rotatable bonds is 3. The van der Waals surface area contributed by atoms with E-state index in [1.807, 2.05) is 43.3 Å². The molecule has 5 nitrogen and oxygen atoms in total. The van der Waals surface area contributed by atoms with E-state index in [1.54, 1.807) is 6.20 Å². The van der Waals surface area contributed by atoms with Crippen molar-refractivity contribution < 1.29 is 14.2 Å². The fraction of sp³-hybridized carbons (Fsp3) is 0.176. The van der Waals surface area contributed by atoms with Gasteiger partial charge in [-0.1, -0.05) is 12.1 Å². The van der Waals surface area contributed by atoms with E-state index in [1.165, 1.54) is 6.33 Å². The van der Waals surface area contributed by atoms with Crippen molar-refractivity contribution in [2.75, 3.05) is 6.79 Å². The molecular formula is C17H14N2O3. The molecule has 0 N–H and O–H groups in total. The predicted octanol–water partition coefficient (Wildman–Crippen LogP) is 3.50. The molecule has 0 aliphatic carbocycles. The van der Waals surface area contributed by atoms with Crippen LogP contribution >= 0.6 is 0 Å². The lowest BCUT2D eigenvalue weighted by Crippen LogP contribution is -2.03. The van der Waals surface area contributed by atoms with Gasteiger partial charge in [0.1, 0.15) is 18.2 Å². The van der Waals surface area contributed by atoms with Gasteiger partial charge in [0.05, 0.1) is 10.9 Å². The molecule has 2 heterocycles. The molecule has 0 radical (unpaired) electrons. The highest BCUT2D eigenvalue weighted by Gasteiger charge is 2.17. The molecule has 0 fully saturated rings. The number of nitrogens with zero attached hydrogens (tertiary/aromatic N) is 2. The summed E-state index contributed by atoms with van der Waals surface area (Å²) < 4.78 is 16.8.